The summed E-state index contributed by atoms with van der Waals surface area (Å²) < 4.78 is 46.2. The van der Waals surface area contributed by atoms with Gasteiger partial charge in [0.1, 0.15) is 11.6 Å². The maximum Gasteiger partial charge on any atom is 0.243 e. The van der Waals surface area contributed by atoms with Gasteiger partial charge >= 0.3 is 0 Å². The average Bonchev–Trinajstić information content (AvgIpc) is 2.70. The maximum atomic E-state index is 13.2. The molecule has 0 aliphatic carbocycles. The van der Waals surface area contributed by atoms with Gasteiger partial charge in [0.25, 0.3) is 0 Å². The van der Waals surface area contributed by atoms with Crippen LogP contribution in [0.3, 0.4) is 0 Å². The monoisotopic (exact) mass is 420 g/mol. The van der Waals surface area contributed by atoms with Gasteiger partial charge in [0.2, 0.25) is 15.9 Å². The van der Waals surface area contributed by atoms with Crippen molar-refractivity contribution < 1.29 is 22.3 Å². The minimum atomic E-state index is -3.80. The minimum Gasteiger partial charge on any atom is -0.492 e. The number of carbonyl (C=O) groups excluding carboxylic acids is 1. The van der Waals surface area contributed by atoms with E-state index in [0.717, 1.165) is 25.0 Å². The molecule has 1 atom stereocenters. The van der Waals surface area contributed by atoms with Gasteiger partial charge in [-0.2, -0.15) is 4.31 Å². The Bertz CT molecular complexity index is 947. The van der Waals surface area contributed by atoms with E-state index < -0.39 is 21.9 Å². The fourth-order valence-corrected chi connectivity index (χ4v) is 5.20. The molecule has 0 spiro atoms. The highest BCUT2D eigenvalue weighted by Crippen LogP contribution is 2.29. The van der Waals surface area contributed by atoms with Crippen LogP contribution >= 0.6 is 0 Å². The topological polar surface area (TPSA) is 75.7 Å². The lowest BCUT2D eigenvalue weighted by Gasteiger charge is -2.34. The van der Waals surface area contributed by atoms with E-state index in [4.69, 9.17) is 4.74 Å². The largest absolute Gasteiger partial charge is 0.492 e. The van der Waals surface area contributed by atoms with Crippen LogP contribution in [0.5, 0.6) is 5.75 Å². The smallest absolute Gasteiger partial charge is 0.243 e. The highest BCUT2D eigenvalue weighted by molar-refractivity contribution is 7.89. The summed E-state index contributed by atoms with van der Waals surface area (Å²) in [5.41, 5.74) is 0.558. The number of hydrogen-bond acceptors (Lipinski definition) is 4. The molecule has 0 bridgehead atoms. The standard InChI is InChI=1S/C21H25FN2O4S/c1-2-28-20-9-4-3-8-19(20)23-21(25)15-17-7-5-6-14-24(17)29(26,27)18-12-10-16(22)11-13-18/h3-4,8-13,17H,2,5-7,14-15H2,1H3,(H,23,25). The van der Waals surface area contributed by atoms with E-state index >= 15 is 0 Å². The lowest BCUT2D eigenvalue weighted by Crippen LogP contribution is -2.45. The van der Waals surface area contributed by atoms with Crippen LogP contribution in [0.25, 0.3) is 0 Å². The Labute approximate surface area is 170 Å². The lowest BCUT2D eigenvalue weighted by molar-refractivity contribution is -0.117. The van der Waals surface area contributed by atoms with E-state index in [0.29, 0.717) is 31.0 Å². The Morgan fingerprint density at radius 3 is 2.62 bits per heavy atom. The molecule has 1 heterocycles. The van der Waals surface area contributed by atoms with Gasteiger partial charge in [-0.1, -0.05) is 18.6 Å². The molecule has 2 aromatic carbocycles. The Balaban J connectivity index is 1.75. The molecule has 0 radical (unpaired) electrons. The number of anilines is 1. The maximum absolute atomic E-state index is 13.2. The van der Waals surface area contributed by atoms with Crippen LogP contribution in [0.1, 0.15) is 32.6 Å². The van der Waals surface area contributed by atoms with Crippen LogP contribution in [0.2, 0.25) is 0 Å². The van der Waals surface area contributed by atoms with Crippen molar-refractivity contribution in [1.82, 2.24) is 4.31 Å². The van der Waals surface area contributed by atoms with E-state index in [1.807, 2.05) is 13.0 Å². The third-order valence-corrected chi connectivity index (χ3v) is 6.84. The number of para-hydroxylation sites is 2. The molecule has 1 saturated heterocycles. The number of nitrogens with one attached hydrogen (secondary N) is 1. The number of halogens is 1. The summed E-state index contributed by atoms with van der Waals surface area (Å²) >= 11 is 0. The van der Waals surface area contributed by atoms with Gasteiger partial charge in [-0.3, -0.25) is 4.79 Å². The van der Waals surface area contributed by atoms with Gasteiger partial charge in [-0.05, 0) is 56.2 Å². The zero-order valence-corrected chi connectivity index (χ0v) is 17.1. The second-order valence-electron chi connectivity index (χ2n) is 6.90. The number of nitrogens with zero attached hydrogens (tertiary/aromatic N) is 1. The normalized spacial score (nSPS) is 17.7. The number of carbonyl (C=O) groups is 1. The molecule has 3 rings (SSSR count). The SMILES string of the molecule is CCOc1ccccc1NC(=O)CC1CCCCN1S(=O)(=O)c1ccc(F)cc1. The van der Waals surface area contributed by atoms with Crippen LogP contribution in [0.15, 0.2) is 53.4 Å². The lowest BCUT2D eigenvalue weighted by atomic mass is 10.0. The van der Waals surface area contributed by atoms with Gasteiger partial charge in [0, 0.05) is 19.0 Å². The van der Waals surface area contributed by atoms with Crippen LogP contribution in [-0.4, -0.2) is 37.8 Å². The van der Waals surface area contributed by atoms with Crippen molar-refractivity contribution in [2.45, 2.75) is 43.5 Å². The summed E-state index contributed by atoms with van der Waals surface area (Å²) in [7, 11) is -3.80. The summed E-state index contributed by atoms with van der Waals surface area (Å²) in [6.45, 7) is 2.67. The van der Waals surface area contributed by atoms with E-state index in [2.05, 4.69) is 5.32 Å². The first-order chi connectivity index (χ1) is 13.9. The number of benzene rings is 2. The zero-order valence-electron chi connectivity index (χ0n) is 16.3. The number of hydrogen-bond donors (Lipinski definition) is 1. The van der Waals surface area contributed by atoms with Crippen LogP contribution < -0.4 is 10.1 Å². The quantitative estimate of drug-likeness (QED) is 0.739. The molecule has 1 fully saturated rings. The molecule has 0 saturated carbocycles. The molecule has 1 amide bonds. The summed E-state index contributed by atoms with van der Waals surface area (Å²) in [6.07, 6.45) is 2.22. The predicted octanol–water partition coefficient (Wildman–Crippen LogP) is 3.80. The minimum absolute atomic E-state index is 0.0351. The first-order valence-electron chi connectivity index (χ1n) is 9.71. The van der Waals surface area contributed by atoms with Gasteiger partial charge in [0.05, 0.1) is 17.2 Å². The van der Waals surface area contributed by atoms with Crippen molar-refractivity contribution in [3.8, 4) is 5.75 Å². The first-order valence-corrected chi connectivity index (χ1v) is 11.1. The number of sulfonamides is 1. The molecule has 156 valence electrons. The first kappa shape index (κ1) is 21.3. The predicted molar refractivity (Wildman–Crippen MR) is 109 cm³/mol. The van der Waals surface area contributed by atoms with Gasteiger partial charge in [-0.15, -0.1) is 0 Å². The Hall–Kier alpha value is -2.45. The zero-order chi connectivity index (χ0) is 20.9. The second-order valence-corrected chi connectivity index (χ2v) is 8.79. The highest BCUT2D eigenvalue weighted by Gasteiger charge is 2.34. The molecule has 2 aromatic rings. The molecule has 8 heteroatoms. The molecular weight excluding hydrogens is 395 g/mol. The molecule has 6 nitrogen and oxygen atoms in total. The number of piperidine rings is 1. The molecular formula is C21H25FN2O4S. The Morgan fingerprint density at radius 1 is 1.17 bits per heavy atom. The fraction of sp³-hybridized carbons (Fsp3) is 0.381. The van der Waals surface area contributed by atoms with Gasteiger partial charge in [-0.25, -0.2) is 12.8 Å². The second kappa shape index (κ2) is 9.37. The van der Waals surface area contributed by atoms with Gasteiger partial charge < -0.3 is 10.1 Å². The third kappa shape index (κ3) is 5.13. The van der Waals surface area contributed by atoms with E-state index in [1.54, 1.807) is 18.2 Å². The number of rotatable bonds is 7. The highest BCUT2D eigenvalue weighted by atomic mass is 32.2. The number of ether oxygens (including phenoxy) is 1. The van der Waals surface area contributed by atoms with Crippen molar-refractivity contribution in [1.29, 1.82) is 0 Å². The summed E-state index contributed by atoms with van der Waals surface area (Å²) in [4.78, 5) is 12.7. The summed E-state index contributed by atoms with van der Waals surface area (Å²) in [5.74, 6) is -0.197. The van der Waals surface area contributed by atoms with Crippen LogP contribution in [0.4, 0.5) is 10.1 Å². The molecule has 0 aromatic heterocycles. The molecule has 1 unspecified atom stereocenters. The fourth-order valence-electron chi connectivity index (χ4n) is 3.50. The Morgan fingerprint density at radius 2 is 1.90 bits per heavy atom. The average molecular weight is 421 g/mol. The van der Waals surface area contributed by atoms with E-state index in [1.165, 1.54) is 16.4 Å². The van der Waals surface area contributed by atoms with Crippen molar-refractivity contribution in [3.05, 3.63) is 54.3 Å². The summed E-state index contributed by atoms with van der Waals surface area (Å²) in [5, 5.41) is 2.83. The summed E-state index contributed by atoms with van der Waals surface area (Å²) in [6, 6.07) is 11.5. The number of amides is 1. The third-order valence-electron chi connectivity index (χ3n) is 4.88. The van der Waals surface area contributed by atoms with Crippen molar-refractivity contribution >= 4 is 21.6 Å². The van der Waals surface area contributed by atoms with E-state index in [9.17, 15) is 17.6 Å². The van der Waals surface area contributed by atoms with E-state index in [-0.39, 0.29) is 17.2 Å². The van der Waals surface area contributed by atoms with Crippen LogP contribution in [0, 0.1) is 5.82 Å². The molecule has 1 aliphatic rings. The van der Waals surface area contributed by atoms with Crippen molar-refractivity contribution in [2.24, 2.45) is 0 Å². The van der Waals surface area contributed by atoms with Gasteiger partial charge in [0.15, 0.2) is 0 Å². The Kier molecular flexibility index (Phi) is 6.87. The van der Waals surface area contributed by atoms with Crippen LogP contribution in [-0.2, 0) is 14.8 Å². The molecule has 1 aliphatic heterocycles. The molecule has 29 heavy (non-hydrogen) atoms. The van der Waals surface area contributed by atoms with Crippen molar-refractivity contribution in [3.63, 3.8) is 0 Å². The molecule has 1 N–H and O–H groups in total. The van der Waals surface area contributed by atoms with Crippen molar-refractivity contribution in [2.75, 3.05) is 18.5 Å².